The van der Waals surface area contributed by atoms with Crippen molar-refractivity contribution in [1.29, 1.82) is 0 Å². The van der Waals surface area contributed by atoms with Crippen LogP contribution in [-0.4, -0.2) is 29.2 Å². The topological polar surface area (TPSA) is 66.5 Å². The Bertz CT molecular complexity index is 1060. The minimum Gasteiger partial charge on any atom is -0.319 e. The lowest BCUT2D eigenvalue weighted by molar-refractivity contribution is -0.130. The predicted molar refractivity (Wildman–Crippen MR) is 113 cm³/mol. The number of carbonyl (C=O) groups excluding carboxylic acids is 3. The summed E-state index contributed by atoms with van der Waals surface area (Å²) in [6.45, 7) is 8.85. The third kappa shape index (κ3) is 4.09. The van der Waals surface area contributed by atoms with Crippen LogP contribution in [0.15, 0.2) is 36.4 Å². The zero-order valence-electron chi connectivity index (χ0n) is 18.3. The number of halogens is 2. The summed E-state index contributed by atoms with van der Waals surface area (Å²) in [6, 6.07) is 7.43. The van der Waals surface area contributed by atoms with E-state index in [4.69, 9.17) is 0 Å². The third-order valence-corrected chi connectivity index (χ3v) is 5.71. The van der Waals surface area contributed by atoms with Crippen LogP contribution in [0, 0.1) is 11.6 Å². The smallest absolute Gasteiger partial charge is 0.319 e. The van der Waals surface area contributed by atoms with Crippen LogP contribution >= 0.6 is 0 Å². The Labute approximate surface area is 180 Å². The molecule has 1 fully saturated rings. The van der Waals surface area contributed by atoms with Gasteiger partial charge in [0.25, 0.3) is 5.91 Å². The van der Waals surface area contributed by atoms with Crippen molar-refractivity contribution >= 4 is 17.7 Å². The average Bonchev–Trinajstić information content (AvgIpc) is 2.92. The molecule has 0 aliphatic carbocycles. The summed E-state index contributed by atoms with van der Waals surface area (Å²) in [5.74, 6) is -2.41. The van der Waals surface area contributed by atoms with Crippen LogP contribution in [0.1, 0.15) is 73.5 Å². The first-order valence-electron chi connectivity index (χ1n) is 10.2. The number of Topliss-reactive ketones (excluding diaryl/α,β-unsaturated/α-hetero) is 1. The van der Waals surface area contributed by atoms with E-state index in [1.807, 2.05) is 26.0 Å². The molecule has 3 rings (SSSR count). The molecule has 1 atom stereocenters. The molecule has 7 heteroatoms. The Kier molecular flexibility index (Phi) is 5.98. The van der Waals surface area contributed by atoms with Crippen molar-refractivity contribution in [3.8, 4) is 0 Å². The maximum atomic E-state index is 14.3. The molecule has 2 aromatic carbocycles. The maximum Gasteiger partial charge on any atom is 0.325 e. The third-order valence-electron chi connectivity index (χ3n) is 5.71. The molecule has 0 radical (unpaired) electrons. The molecule has 31 heavy (non-hydrogen) atoms. The molecule has 2 aromatic rings. The molecule has 0 saturated carbocycles. The van der Waals surface area contributed by atoms with Crippen molar-refractivity contribution in [2.24, 2.45) is 0 Å². The van der Waals surface area contributed by atoms with Crippen LogP contribution < -0.4 is 5.32 Å². The van der Waals surface area contributed by atoms with Gasteiger partial charge in [-0.3, -0.25) is 14.5 Å². The Hall–Kier alpha value is -3.09. The van der Waals surface area contributed by atoms with Gasteiger partial charge in [-0.25, -0.2) is 13.6 Å². The van der Waals surface area contributed by atoms with E-state index in [2.05, 4.69) is 19.2 Å². The first-order valence-corrected chi connectivity index (χ1v) is 10.2. The summed E-state index contributed by atoms with van der Waals surface area (Å²) in [5.41, 5.74) is 0.272. The number of nitrogens with zero attached hydrogens (tertiary/aromatic N) is 1. The van der Waals surface area contributed by atoms with Gasteiger partial charge in [0, 0.05) is 11.1 Å². The monoisotopic (exact) mass is 428 g/mol. The van der Waals surface area contributed by atoms with Gasteiger partial charge in [-0.05, 0) is 48.1 Å². The van der Waals surface area contributed by atoms with Gasteiger partial charge in [0.05, 0.1) is 6.54 Å². The highest BCUT2D eigenvalue weighted by molar-refractivity contribution is 6.11. The lowest BCUT2D eigenvalue weighted by Crippen LogP contribution is -2.42. The molecule has 1 unspecified atom stereocenters. The number of hydrogen-bond acceptors (Lipinski definition) is 3. The summed E-state index contributed by atoms with van der Waals surface area (Å²) >= 11 is 0. The predicted octanol–water partition coefficient (Wildman–Crippen LogP) is 4.86. The van der Waals surface area contributed by atoms with E-state index in [9.17, 15) is 23.2 Å². The number of benzene rings is 2. The molecule has 5 nitrogen and oxygen atoms in total. The zero-order chi connectivity index (χ0) is 23.1. The first-order chi connectivity index (χ1) is 14.5. The summed E-state index contributed by atoms with van der Waals surface area (Å²) < 4.78 is 28.0. The number of amides is 3. The van der Waals surface area contributed by atoms with Gasteiger partial charge in [0.2, 0.25) is 0 Å². The molecule has 1 saturated heterocycles. The minimum atomic E-state index is -1.80. The molecule has 0 bridgehead atoms. The number of hydrogen-bond donors (Lipinski definition) is 1. The maximum absolute atomic E-state index is 14.3. The lowest BCUT2D eigenvalue weighted by atomic mass is 9.89. The van der Waals surface area contributed by atoms with Gasteiger partial charge in [-0.2, -0.15) is 0 Å². The zero-order valence-corrected chi connectivity index (χ0v) is 18.3. The van der Waals surface area contributed by atoms with Crippen molar-refractivity contribution in [3.63, 3.8) is 0 Å². The molecule has 0 spiro atoms. The summed E-state index contributed by atoms with van der Waals surface area (Å²) in [7, 11) is 0. The lowest BCUT2D eigenvalue weighted by Gasteiger charge is -2.23. The number of rotatable bonds is 6. The Morgan fingerprint density at radius 2 is 1.71 bits per heavy atom. The second-order valence-electron chi connectivity index (χ2n) is 8.65. The van der Waals surface area contributed by atoms with Crippen LogP contribution in [0.3, 0.4) is 0 Å². The normalized spacial score (nSPS) is 18.8. The fraction of sp³-hybridized carbons (Fsp3) is 0.375. The minimum absolute atomic E-state index is 0.0624. The van der Waals surface area contributed by atoms with E-state index in [1.54, 1.807) is 6.07 Å². The first kappa shape index (κ1) is 22.6. The number of nitrogens with one attached hydrogen (secondary N) is 1. The molecule has 3 amide bonds. The molecule has 1 heterocycles. The number of ketones is 1. The van der Waals surface area contributed by atoms with Crippen molar-refractivity contribution in [3.05, 3.63) is 70.3 Å². The molecule has 1 N–H and O–H groups in total. The van der Waals surface area contributed by atoms with Crippen LogP contribution in [0.4, 0.5) is 13.6 Å². The Morgan fingerprint density at radius 1 is 1.03 bits per heavy atom. The van der Waals surface area contributed by atoms with Gasteiger partial charge < -0.3 is 5.32 Å². The largest absolute Gasteiger partial charge is 0.325 e. The average molecular weight is 428 g/mol. The molecule has 1 aliphatic heterocycles. The standard InChI is InChI=1S/C24H26F2N2O3/c1-13(2)15-6-8-17(18(10-15)14(3)4)21(29)12-28-22(30)24(5,27-23(28)31)19-11-16(25)7-9-20(19)26/h6-11,13-14H,12H2,1-5H3,(H,27,31). The fourth-order valence-corrected chi connectivity index (χ4v) is 3.80. The van der Waals surface area contributed by atoms with Gasteiger partial charge >= 0.3 is 6.03 Å². The van der Waals surface area contributed by atoms with Crippen LogP contribution in [0.2, 0.25) is 0 Å². The molecule has 0 aromatic heterocycles. The van der Waals surface area contributed by atoms with E-state index >= 15 is 0 Å². The summed E-state index contributed by atoms with van der Waals surface area (Å²) in [5, 5.41) is 2.41. The SMILES string of the molecule is CC(C)c1ccc(C(=O)CN2C(=O)NC(C)(c3cc(F)ccc3F)C2=O)c(C(C)C)c1. The summed E-state index contributed by atoms with van der Waals surface area (Å²) in [6.07, 6.45) is 0. The van der Waals surface area contributed by atoms with E-state index in [0.29, 0.717) is 5.56 Å². The van der Waals surface area contributed by atoms with Crippen LogP contribution in [-0.2, 0) is 10.3 Å². The molecular formula is C24H26F2N2O3. The molecule has 1 aliphatic rings. The van der Waals surface area contributed by atoms with Crippen molar-refractivity contribution in [2.75, 3.05) is 6.54 Å². The van der Waals surface area contributed by atoms with Crippen molar-refractivity contribution in [1.82, 2.24) is 10.2 Å². The quantitative estimate of drug-likeness (QED) is 0.528. The van der Waals surface area contributed by atoms with E-state index in [-0.39, 0.29) is 17.4 Å². The Morgan fingerprint density at radius 3 is 2.32 bits per heavy atom. The highest BCUT2D eigenvalue weighted by Crippen LogP contribution is 2.32. The van der Waals surface area contributed by atoms with Gasteiger partial charge in [-0.1, -0.05) is 45.9 Å². The summed E-state index contributed by atoms with van der Waals surface area (Å²) in [4.78, 5) is 39.4. The number of carbonyl (C=O) groups is 3. The molecular weight excluding hydrogens is 402 g/mol. The van der Waals surface area contributed by atoms with E-state index in [1.165, 1.54) is 6.92 Å². The van der Waals surface area contributed by atoms with E-state index < -0.39 is 41.4 Å². The van der Waals surface area contributed by atoms with Gasteiger partial charge in [0.1, 0.15) is 17.2 Å². The Balaban J connectivity index is 1.92. The highest BCUT2D eigenvalue weighted by Gasteiger charge is 2.51. The second kappa shape index (κ2) is 8.21. The van der Waals surface area contributed by atoms with E-state index in [0.717, 1.165) is 34.2 Å². The number of urea groups is 1. The van der Waals surface area contributed by atoms with Crippen LogP contribution in [0.25, 0.3) is 0 Å². The fourth-order valence-electron chi connectivity index (χ4n) is 3.80. The second-order valence-corrected chi connectivity index (χ2v) is 8.65. The van der Waals surface area contributed by atoms with Crippen LogP contribution in [0.5, 0.6) is 0 Å². The van der Waals surface area contributed by atoms with Crippen molar-refractivity contribution in [2.45, 2.75) is 52.0 Å². The number of imide groups is 1. The van der Waals surface area contributed by atoms with Gasteiger partial charge in [-0.15, -0.1) is 0 Å². The van der Waals surface area contributed by atoms with Crippen molar-refractivity contribution < 1.29 is 23.2 Å². The van der Waals surface area contributed by atoms with Gasteiger partial charge in [0.15, 0.2) is 5.78 Å². The highest BCUT2D eigenvalue weighted by atomic mass is 19.1. The molecule has 164 valence electrons.